The van der Waals surface area contributed by atoms with E-state index in [1.165, 1.54) is 0 Å². The Balaban J connectivity index is 3.26. The molecule has 0 unspecified atom stereocenters. The minimum atomic E-state index is -1.54. The fourth-order valence-electron chi connectivity index (χ4n) is 0.210. The van der Waals surface area contributed by atoms with E-state index in [1.54, 1.807) is 11.4 Å². The minimum Gasteiger partial charge on any atom is -0.122 e. The Bertz CT molecular complexity index is 95.5. The molecular formula is C3H9PS4. The summed E-state index contributed by atoms with van der Waals surface area (Å²) in [7, 11) is 0. The van der Waals surface area contributed by atoms with Gasteiger partial charge in [0, 0.05) is 0 Å². The highest BCUT2D eigenvalue weighted by Gasteiger charge is 2.01. The molecule has 0 atom stereocenters. The van der Waals surface area contributed by atoms with E-state index < -0.39 is 3.64 Å². The first-order chi connectivity index (χ1) is 3.56. The molecule has 0 aromatic heterocycles. The third-order valence-electron chi connectivity index (χ3n) is 0.464. The fourth-order valence-corrected chi connectivity index (χ4v) is 4.03. The minimum absolute atomic E-state index is 1.09. The van der Waals surface area contributed by atoms with E-state index in [4.69, 9.17) is 11.8 Å². The summed E-state index contributed by atoms with van der Waals surface area (Å²) in [6.45, 7) is 2.12. The van der Waals surface area contributed by atoms with Crippen LogP contribution < -0.4 is 0 Å². The van der Waals surface area contributed by atoms with Crippen molar-refractivity contribution in [3.8, 4) is 0 Å². The quantitative estimate of drug-likeness (QED) is 0.535. The summed E-state index contributed by atoms with van der Waals surface area (Å²) in [5.41, 5.74) is 0. The lowest BCUT2D eigenvalue weighted by Gasteiger charge is -2.03. The molecule has 0 saturated heterocycles. The smallest absolute Gasteiger partial charge is 0.103 e. The van der Waals surface area contributed by atoms with Crippen LogP contribution >= 0.6 is 39.5 Å². The Hall–Kier alpha value is 1.70. The van der Waals surface area contributed by atoms with Gasteiger partial charge in [0.1, 0.15) is 3.64 Å². The van der Waals surface area contributed by atoms with Crippen molar-refractivity contribution >= 4 is 51.3 Å². The first-order valence-electron chi connectivity index (χ1n) is 2.26. The van der Waals surface area contributed by atoms with Crippen molar-refractivity contribution < 1.29 is 0 Å². The van der Waals surface area contributed by atoms with Gasteiger partial charge in [-0.3, -0.25) is 0 Å². The van der Waals surface area contributed by atoms with Gasteiger partial charge in [0.2, 0.25) is 0 Å². The number of hydrogen-bond donors (Lipinski definition) is 2. The topological polar surface area (TPSA) is 0 Å². The van der Waals surface area contributed by atoms with Gasteiger partial charge in [0.05, 0.1) is 0 Å². The molecule has 5 heteroatoms. The number of hydrogen-bond acceptors (Lipinski definition) is 2. The summed E-state index contributed by atoms with van der Waals surface area (Å²) in [5, 5.41) is 0. The molecule has 0 bridgehead atoms. The van der Waals surface area contributed by atoms with E-state index >= 15 is 0 Å². The first-order valence-corrected chi connectivity index (χ1v) is 8.96. The van der Waals surface area contributed by atoms with Crippen molar-refractivity contribution in [3.05, 3.63) is 0 Å². The third-order valence-corrected chi connectivity index (χ3v) is 5.97. The predicted molar refractivity (Wildman–Crippen MR) is 55.0 cm³/mol. The van der Waals surface area contributed by atoms with Crippen LogP contribution in [-0.4, -0.2) is 5.75 Å². The molecule has 0 amide bonds. The lowest BCUT2D eigenvalue weighted by atomic mass is 10.6. The third kappa shape index (κ3) is 7.70. The fraction of sp³-hybridized carbons (Fsp3) is 1.00. The van der Waals surface area contributed by atoms with Crippen molar-refractivity contribution in [3.63, 3.8) is 0 Å². The second-order valence-electron chi connectivity index (χ2n) is 1.32. The molecule has 0 aliphatic rings. The van der Waals surface area contributed by atoms with Gasteiger partial charge in [-0.2, -0.15) is 0 Å². The molecule has 0 aliphatic heterocycles. The SMILES string of the molecule is CCCSP(=S)(S)S. The first kappa shape index (κ1) is 9.70. The Labute approximate surface area is 70.3 Å². The Kier molecular flexibility index (Phi) is 5.46. The molecule has 0 rings (SSSR count). The van der Waals surface area contributed by atoms with Crippen LogP contribution in [0.4, 0.5) is 0 Å². The standard InChI is InChI=1S/C3H9PS4/c1-2-3-8-4(5,6)7/h2-3H2,1H3,(H2,5,6,7). The molecule has 0 saturated carbocycles. The van der Waals surface area contributed by atoms with E-state index in [2.05, 4.69) is 31.4 Å². The maximum absolute atomic E-state index is 4.95. The monoisotopic (exact) mass is 204 g/mol. The molecule has 0 N–H and O–H groups in total. The van der Waals surface area contributed by atoms with E-state index in [0.29, 0.717) is 0 Å². The molecule has 0 aromatic carbocycles. The van der Waals surface area contributed by atoms with E-state index in [1.807, 2.05) is 0 Å². The van der Waals surface area contributed by atoms with E-state index in [9.17, 15) is 0 Å². The van der Waals surface area contributed by atoms with Gasteiger partial charge in [-0.1, -0.05) is 18.7 Å². The van der Waals surface area contributed by atoms with Gasteiger partial charge in [-0.25, -0.2) is 0 Å². The summed E-state index contributed by atoms with van der Waals surface area (Å²) in [6.07, 6.45) is 1.16. The van der Waals surface area contributed by atoms with Crippen LogP contribution in [0.15, 0.2) is 0 Å². The van der Waals surface area contributed by atoms with Crippen molar-refractivity contribution in [2.75, 3.05) is 5.75 Å². The summed E-state index contributed by atoms with van der Waals surface area (Å²) >= 11 is 14.9. The van der Waals surface area contributed by atoms with Gasteiger partial charge in [0.25, 0.3) is 0 Å². The highest BCUT2D eigenvalue weighted by molar-refractivity contribution is 9.17. The molecule has 0 spiro atoms. The summed E-state index contributed by atoms with van der Waals surface area (Å²) in [5.74, 6) is 1.09. The average molecular weight is 204 g/mol. The highest BCUT2D eigenvalue weighted by Crippen LogP contribution is 2.67. The van der Waals surface area contributed by atoms with Gasteiger partial charge >= 0.3 is 0 Å². The van der Waals surface area contributed by atoms with Crippen LogP contribution in [-0.2, 0) is 11.8 Å². The molecular weight excluding hydrogens is 195 g/mol. The summed E-state index contributed by atoms with van der Waals surface area (Å²) in [6, 6.07) is 0. The van der Waals surface area contributed by atoms with Crippen LogP contribution in [0.25, 0.3) is 0 Å². The van der Waals surface area contributed by atoms with E-state index in [0.717, 1.165) is 12.2 Å². The predicted octanol–water partition coefficient (Wildman–Crippen LogP) is 3.21. The largest absolute Gasteiger partial charge is 0.122 e. The van der Waals surface area contributed by atoms with Crippen LogP contribution in [0.1, 0.15) is 13.3 Å². The lowest BCUT2D eigenvalue weighted by molar-refractivity contribution is 1.11. The maximum atomic E-state index is 4.95. The molecule has 50 valence electrons. The Morgan fingerprint density at radius 2 is 2.12 bits per heavy atom. The number of thiol groups is 2. The van der Waals surface area contributed by atoms with Crippen LogP contribution in [0.3, 0.4) is 0 Å². The van der Waals surface area contributed by atoms with Crippen molar-refractivity contribution in [1.29, 1.82) is 0 Å². The zero-order valence-electron chi connectivity index (χ0n) is 4.57. The molecule has 0 nitrogen and oxygen atoms in total. The van der Waals surface area contributed by atoms with Crippen LogP contribution in [0.5, 0.6) is 0 Å². The second-order valence-corrected chi connectivity index (χ2v) is 15.5. The van der Waals surface area contributed by atoms with Crippen LogP contribution in [0.2, 0.25) is 0 Å². The lowest BCUT2D eigenvalue weighted by Crippen LogP contribution is -1.65. The number of rotatable bonds is 3. The van der Waals surface area contributed by atoms with Gasteiger partial charge in [0.15, 0.2) is 0 Å². The van der Waals surface area contributed by atoms with Gasteiger partial charge in [-0.15, -0.1) is 35.9 Å². The average Bonchev–Trinajstić information content (AvgIpc) is 1.59. The van der Waals surface area contributed by atoms with E-state index in [-0.39, 0.29) is 0 Å². The second kappa shape index (κ2) is 4.51. The summed E-state index contributed by atoms with van der Waals surface area (Å²) in [4.78, 5) is 0. The molecule has 8 heavy (non-hydrogen) atoms. The zero-order chi connectivity index (χ0) is 6.62. The zero-order valence-corrected chi connectivity index (χ0v) is 8.89. The summed E-state index contributed by atoms with van der Waals surface area (Å²) < 4.78 is -1.54. The van der Waals surface area contributed by atoms with Crippen molar-refractivity contribution in [1.82, 2.24) is 0 Å². The normalized spacial score (nSPS) is 11.9. The highest BCUT2D eigenvalue weighted by atomic mass is 33.5. The molecule has 0 radical (unpaired) electrons. The van der Waals surface area contributed by atoms with Gasteiger partial charge < -0.3 is 0 Å². The molecule has 0 aromatic rings. The van der Waals surface area contributed by atoms with Crippen molar-refractivity contribution in [2.24, 2.45) is 0 Å². The Morgan fingerprint density at radius 1 is 1.62 bits per heavy atom. The van der Waals surface area contributed by atoms with Gasteiger partial charge in [-0.05, 0) is 12.2 Å². The Morgan fingerprint density at radius 3 is 2.25 bits per heavy atom. The molecule has 0 fully saturated rings. The molecule has 0 aliphatic carbocycles. The van der Waals surface area contributed by atoms with Crippen molar-refractivity contribution in [2.45, 2.75) is 13.3 Å². The van der Waals surface area contributed by atoms with Crippen LogP contribution in [0, 0.1) is 0 Å². The maximum Gasteiger partial charge on any atom is 0.103 e. The molecule has 0 heterocycles.